The quantitative estimate of drug-likeness (QED) is 0.789. The number of ether oxygens (including phenoxy) is 1. The second kappa shape index (κ2) is 4.93. The third-order valence-electron chi connectivity index (χ3n) is 2.78. The SMILES string of the molecule is COc1ccc(N2C(=O)C(Cl)=C(N(C)C)C2=O)cc1. The third kappa shape index (κ3) is 2.17. The zero-order valence-electron chi connectivity index (χ0n) is 10.8. The lowest BCUT2D eigenvalue weighted by atomic mass is 10.2. The van der Waals surface area contributed by atoms with Crippen LogP contribution in [0.3, 0.4) is 0 Å². The predicted molar refractivity (Wildman–Crippen MR) is 72.1 cm³/mol. The fraction of sp³-hybridized carbons (Fsp3) is 0.231. The molecule has 0 fully saturated rings. The molecular formula is C13H13ClN2O3. The number of nitrogens with zero attached hydrogens (tertiary/aromatic N) is 2. The molecule has 0 atom stereocenters. The van der Waals surface area contributed by atoms with Crippen molar-refractivity contribution >= 4 is 29.1 Å². The molecule has 0 unspecified atom stereocenters. The highest BCUT2D eigenvalue weighted by Crippen LogP contribution is 2.30. The minimum absolute atomic E-state index is 0.0641. The van der Waals surface area contributed by atoms with Crippen molar-refractivity contribution in [2.24, 2.45) is 0 Å². The zero-order chi connectivity index (χ0) is 14.2. The minimum Gasteiger partial charge on any atom is -0.497 e. The molecule has 1 aliphatic heterocycles. The highest BCUT2D eigenvalue weighted by Gasteiger charge is 2.39. The summed E-state index contributed by atoms with van der Waals surface area (Å²) in [6.45, 7) is 0. The lowest BCUT2D eigenvalue weighted by Crippen LogP contribution is -2.33. The van der Waals surface area contributed by atoms with Crippen LogP contribution in [0.4, 0.5) is 5.69 Å². The van der Waals surface area contributed by atoms with Gasteiger partial charge in [-0.1, -0.05) is 11.6 Å². The number of amides is 2. The fourth-order valence-corrected chi connectivity index (χ4v) is 2.18. The molecule has 2 amide bonds. The van der Waals surface area contributed by atoms with Gasteiger partial charge in [0.15, 0.2) is 0 Å². The maximum absolute atomic E-state index is 12.2. The summed E-state index contributed by atoms with van der Waals surface area (Å²) in [6.07, 6.45) is 0. The number of methoxy groups -OCH3 is 1. The Kier molecular flexibility index (Phi) is 3.48. The molecule has 0 aliphatic carbocycles. The van der Waals surface area contributed by atoms with E-state index in [0.29, 0.717) is 11.4 Å². The van der Waals surface area contributed by atoms with Gasteiger partial charge < -0.3 is 9.64 Å². The first-order chi connectivity index (χ1) is 8.97. The van der Waals surface area contributed by atoms with Gasteiger partial charge in [0.25, 0.3) is 11.8 Å². The number of hydrogen-bond donors (Lipinski definition) is 0. The molecule has 0 bridgehead atoms. The normalized spacial score (nSPS) is 15.3. The molecule has 5 nitrogen and oxygen atoms in total. The molecule has 1 heterocycles. The molecule has 2 rings (SSSR count). The standard InChI is InChI=1S/C13H13ClN2O3/c1-15(2)11-10(14)12(17)16(13(11)18)8-4-6-9(19-3)7-5-8/h4-7H,1-3H3. The molecule has 0 N–H and O–H groups in total. The van der Waals surface area contributed by atoms with E-state index in [4.69, 9.17) is 16.3 Å². The number of hydrogen-bond acceptors (Lipinski definition) is 4. The Hall–Kier alpha value is -2.01. The Labute approximate surface area is 116 Å². The van der Waals surface area contributed by atoms with Crippen molar-refractivity contribution in [1.82, 2.24) is 4.90 Å². The van der Waals surface area contributed by atoms with Crippen molar-refractivity contribution in [1.29, 1.82) is 0 Å². The van der Waals surface area contributed by atoms with Gasteiger partial charge >= 0.3 is 0 Å². The number of imide groups is 1. The van der Waals surface area contributed by atoms with Gasteiger partial charge in [-0.05, 0) is 24.3 Å². The summed E-state index contributed by atoms with van der Waals surface area (Å²) in [5.41, 5.74) is 0.660. The summed E-state index contributed by atoms with van der Waals surface area (Å²) in [5.74, 6) is -0.291. The van der Waals surface area contributed by atoms with Gasteiger partial charge in [-0.15, -0.1) is 0 Å². The number of halogens is 1. The van der Waals surface area contributed by atoms with Crippen molar-refractivity contribution < 1.29 is 14.3 Å². The van der Waals surface area contributed by atoms with Gasteiger partial charge in [-0.3, -0.25) is 9.59 Å². The molecule has 0 aromatic heterocycles. The maximum atomic E-state index is 12.2. The van der Waals surface area contributed by atoms with Crippen LogP contribution >= 0.6 is 11.6 Å². The molecule has 0 radical (unpaired) electrons. The van der Waals surface area contributed by atoms with Crippen LogP contribution in [0.1, 0.15) is 0 Å². The van der Waals surface area contributed by atoms with Gasteiger partial charge in [0.1, 0.15) is 16.5 Å². The van der Waals surface area contributed by atoms with E-state index >= 15 is 0 Å². The number of carbonyl (C=O) groups excluding carboxylic acids is 2. The zero-order valence-corrected chi connectivity index (χ0v) is 11.6. The van der Waals surface area contributed by atoms with Crippen molar-refractivity contribution in [3.63, 3.8) is 0 Å². The van der Waals surface area contributed by atoms with E-state index in [-0.39, 0.29) is 10.7 Å². The Morgan fingerprint density at radius 1 is 1.11 bits per heavy atom. The number of likely N-dealkylation sites (N-methyl/N-ethyl adjacent to an activating group) is 1. The van der Waals surface area contributed by atoms with Gasteiger partial charge in [0.05, 0.1) is 12.8 Å². The first-order valence-corrected chi connectivity index (χ1v) is 5.95. The topological polar surface area (TPSA) is 49.9 Å². The molecule has 1 aliphatic rings. The van der Waals surface area contributed by atoms with Gasteiger partial charge in [-0.25, -0.2) is 4.90 Å². The van der Waals surface area contributed by atoms with E-state index in [1.165, 1.54) is 4.90 Å². The first-order valence-electron chi connectivity index (χ1n) is 5.57. The monoisotopic (exact) mass is 280 g/mol. The van der Waals surface area contributed by atoms with E-state index in [1.54, 1.807) is 45.5 Å². The summed E-state index contributed by atoms with van der Waals surface area (Å²) in [5, 5.41) is -0.0641. The molecule has 6 heteroatoms. The highest BCUT2D eigenvalue weighted by atomic mass is 35.5. The highest BCUT2D eigenvalue weighted by molar-refractivity contribution is 6.52. The lowest BCUT2D eigenvalue weighted by Gasteiger charge is -2.17. The van der Waals surface area contributed by atoms with Crippen molar-refractivity contribution in [3.8, 4) is 5.75 Å². The largest absolute Gasteiger partial charge is 0.497 e. The molecule has 0 saturated heterocycles. The van der Waals surface area contributed by atoms with Gasteiger partial charge in [0.2, 0.25) is 0 Å². The van der Waals surface area contributed by atoms with Crippen LogP contribution in [0.2, 0.25) is 0 Å². The van der Waals surface area contributed by atoms with E-state index in [0.717, 1.165) is 4.90 Å². The average molecular weight is 281 g/mol. The van der Waals surface area contributed by atoms with Crippen molar-refractivity contribution in [3.05, 3.63) is 35.0 Å². The van der Waals surface area contributed by atoms with Gasteiger partial charge in [0, 0.05) is 14.1 Å². The summed E-state index contributed by atoms with van der Waals surface area (Å²) >= 11 is 5.92. The van der Waals surface area contributed by atoms with Crippen LogP contribution in [-0.2, 0) is 9.59 Å². The van der Waals surface area contributed by atoms with Crippen LogP contribution < -0.4 is 9.64 Å². The first kappa shape index (κ1) is 13.4. The molecule has 0 spiro atoms. The van der Waals surface area contributed by atoms with E-state index in [1.807, 2.05) is 0 Å². The van der Waals surface area contributed by atoms with Crippen LogP contribution in [0, 0.1) is 0 Å². The average Bonchev–Trinajstić information content (AvgIpc) is 2.60. The van der Waals surface area contributed by atoms with Crippen molar-refractivity contribution in [2.45, 2.75) is 0 Å². The number of rotatable bonds is 3. The van der Waals surface area contributed by atoms with E-state index < -0.39 is 11.8 Å². The minimum atomic E-state index is -0.513. The Morgan fingerprint density at radius 2 is 1.68 bits per heavy atom. The summed E-state index contributed by atoms with van der Waals surface area (Å²) in [7, 11) is 4.88. The van der Waals surface area contributed by atoms with Crippen LogP contribution in [0.5, 0.6) is 5.75 Å². The third-order valence-corrected chi connectivity index (χ3v) is 3.12. The van der Waals surface area contributed by atoms with Crippen LogP contribution in [-0.4, -0.2) is 37.9 Å². The molecule has 100 valence electrons. The molecule has 1 aromatic carbocycles. The van der Waals surface area contributed by atoms with Crippen LogP contribution in [0.25, 0.3) is 0 Å². The van der Waals surface area contributed by atoms with E-state index in [2.05, 4.69) is 0 Å². The van der Waals surface area contributed by atoms with Gasteiger partial charge in [-0.2, -0.15) is 0 Å². The Morgan fingerprint density at radius 3 is 2.11 bits per heavy atom. The Balaban J connectivity index is 2.38. The number of benzene rings is 1. The second-order valence-corrected chi connectivity index (χ2v) is 4.58. The molecule has 0 saturated carbocycles. The lowest BCUT2D eigenvalue weighted by molar-refractivity contribution is -0.120. The smallest absolute Gasteiger partial charge is 0.283 e. The second-order valence-electron chi connectivity index (χ2n) is 4.20. The number of carbonyl (C=O) groups is 2. The summed E-state index contributed by atoms with van der Waals surface area (Å²) in [4.78, 5) is 26.8. The Bertz CT molecular complexity index is 564. The molecule has 19 heavy (non-hydrogen) atoms. The molecule has 1 aromatic rings. The predicted octanol–water partition coefficient (Wildman–Crippen LogP) is 1.58. The van der Waals surface area contributed by atoms with Crippen LogP contribution in [0.15, 0.2) is 35.0 Å². The fourth-order valence-electron chi connectivity index (χ4n) is 1.84. The molecular weight excluding hydrogens is 268 g/mol. The number of anilines is 1. The summed E-state index contributed by atoms with van der Waals surface area (Å²) < 4.78 is 5.03. The van der Waals surface area contributed by atoms with Crippen molar-refractivity contribution in [2.75, 3.05) is 26.1 Å². The maximum Gasteiger partial charge on any atom is 0.283 e. The summed E-state index contributed by atoms with van der Waals surface area (Å²) in [6, 6.07) is 6.63. The van der Waals surface area contributed by atoms with E-state index in [9.17, 15) is 9.59 Å².